The molecule has 1 fully saturated rings. The Labute approximate surface area is 194 Å². The maximum atomic E-state index is 13.1. The van der Waals surface area contributed by atoms with Crippen molar-refractivity contribution in [3.8, 4) is 5.75 Å². The number of amides is 1. The second-order valence-electron chi connectivity index (χ2n) is 7.84. The number of sulfonamides is 1. The summed E-state index contributed by atoms with van der Waals surface area (Å²) in [5.74, 6) is -0.139. The van der Waals surface area contributed by atoms with E-state index in [4.69, 9.17) is 9.47 Å². The van der Waals surface area contributed by atoms with Gasteiger partial charge < -0.3 is 14.8 Å². The molecule has 3 rings (SSSR count). The summed E-state index contributed by atoms with van der Waals surface area (Å²) < 4.78 is 49.8. The van der Waals surface area contributed by atoms with Gasteiger partial charge >= 0.3 is 0 Å². The Balaban J connectivity index is 1.46. The molecule has 0 saturated carbocycles. The van der Waals surface area contributed by atoms with Crippen molar-refractivity contribution < 1.29 is 27.1 Å². The molecule has 0 bridgehead atoms. The molecule has 33 heavy (non-hydrogen) atoms. The molecule has 0 atom stereocenters. The third-order valence-corrected chi connectivity index (χ3v) is 6.35. The maximum Gasteiger partial charge on any atom is 0.257 e. The molecule has 10 heteroatoms. The molecule has 0 radical (unpaired) electrons. The zero-order valence-corrected chi connectivity index (χ0v) is 19.5. The van der Waals surface area contributed by atoms with E-state index < -0.39 is 10.0 Å². The highest BCUT2D eigenvalue weighted by Crippen LogP contribution is 2.24. The number of carbonyl (C=O) groups excluding carboxylic acids is 1. The van der Waals surface area contributed by atoms with Crippen LogP contribution in [-0.4, -0.2) is 71.5 Å². The average Bonchev–Trinajstić information content (AvgIpc) is 2.80. The summed E-state index contributed by atoms with van der Waals surface area (Å²) in [4.78, 5) is 14.3. The fourth-order valence-electron chi connectivity index (χ4n) is 3.42. The number of rotatable bonds is 11. The third kappa shape index (κ3) is 8.30. The lowest BCUT2D eigenvalue weighted by molar-refractivity contribution is -0.123. The maximum absolute atomic E-state index is 13.1. The van der Waals surface area contributed by atoms with E-state index in [1.807, 2.05) is 0 Å². The molecule has 1 heterocycles. The zero-order chi connectivity index (χ0) is 23.7. The van der Waals surface area contributed by atoms with Crippen molar-refractivity contribution in [1.29, 1.82) is 0 Å². The van der Waals surface area contributed by atoms with E-state index in [9.17, 15) is 17.6 Å². The molecule has 8 nitrogen and oxygen atoms in total. The smallest absolute Gasteiger partial charge is 0.257 e. The number of hydrogen-bond acceptors (Lipinski definition) is 6. The van der Waals surface area contributed by atoms with Crippen LogP contribution in [0.1, 0.15) is 12.0 Å². The second kappa shape index (κ2) is 12.0. The van der Waals surface area contributed by atoms with E-state index in [1.54, 1.807) is 36.4 Å². The topological polar surface area (TPSA) is 88.2 Å². The Hall–Kier alpha value is -2.69. The second-order valence-corrected chi connectivity index (χ2v) is 9.74. The lowest BCUT2D eigenvalue weighted by Gasteiger charge is -2.26. The summed E-state index contributed by atoms with van der Waals surface area (Å²) in [5.41, 5.74) is 1.11. The molecule has 2 aromatic rings. The van der Waals surface area contributed by atoms with Crippen LogP contribution in [0.5, 0.6) is 5.75 Å². The first kappa shape index (κ1) is 24.9. The summed E-state index contributed by atoms with van der Waals surface area (Å²) in [6.45, 7) is 4.81. The fraction of sp³-hybridized carbons (Fsp3) is 0.435. The fourth-order valence-corrected chi connectivity index (χ4v) is 4.31. The highest BCUT2D eigenvalue weighted by atomic mass is 32.2. The number of carbonyl (C=O) groups is 1. The van der Waals surface area contributed by atoms with E-state index in [-0.39, 0.29) is 24.9 Å². The van der Waals surface area contributed by atoms with Crippen molar-refractivity contribution in [3.63, 3.8) is 0 Å². The summed E-state index contributed by atoms with van der Waals surface area (Å²) in [7, 11) is -3.56. The van der Waals surface area contributed by atoms with Gasteiger partial charge in [-0.05, 0) is 54.9 Å². The Morgan fingerprint density at radius 3 is 2.42 bits per heavy atom. The third-order valence-electron chi connectivity index (χ3n) is 5.21. The number of halogens is 1. The Morgan fingerprint density at radius 1 is 1.12 bits per heavy atom. The van der Waals surface area contributed by atoms with Crippen LogP contribution >= 0.6 is 0 Å². The van der Waals surface area contributed by atoms with Gasteiger partial charge in [-0.3, -0.25) is 14.0 Å². The standard InChI is InChI=1S/C23H30FN3O5S/c1-33(29,30)27(17-19-3-5-20(24)6-4-19)21-7-9-22(10-8-21)32-18-23(28)25-11-2-12-26-13-15-31-16-14-26/h3-10H,2,11-18H2,1H3,(H,25,28). The van der Waals surface area contributed by atoms with Crippen LogP contribution in [0.4, 0.5) is 10.1 Å². The Kier molecular flexibility index (Phi) is 9.04. The SMILES string of the molecule is CS(=O)(=O)N(Cc1ccc(F)cc1)c1ccc(OCC(=O)NCCCN2CCOCC2)cc1. The van der Waals surface area contributed by atoms with E-state index in [2.05, 4.69) is 10.2 Å². The zero-order valence-electron chi connectivity index (χ0n) is 18.7. The minimum atomic E-state index is -3.56. The molecule has 1 aliphatic heterocycles. The van der Waals surface area contributed by atoms with Crippen LogP contribution in [0.25, 0.3) is 0 Å². The van der Waals surface area contributed by atoms with Gasteiger partial charge in [-0.1, -0.05) is 12.1 Å². The first-order valence-corrected chi connectivity index (χ1v) is 12.7. The number of nitrogens with zero attached hydrogens (tertiary/aromatic N) is 2. The largest absolute Gasteiger partial charge is 0.484 e. The van der Waals surface area contributed by atoms with Gasteiger partial charge in [0.25, 0.3) is 5.91 Å². The first-order valence-electron chi connectivity index (χ1n) is 10.8. The summed E-state index contributed by atoms with van der Waals surface area (Å²) in [5, 5.41) is 2.84. The van der Waals surface area contributed by atoms with Crippen LogP contribution in [0.2, 0.25) is 0 Å². The number of ether oxygens (including phenoxy) is 2. The van der Waals surface area contributed by atoms with Crippen molar-refractivity contribution >= 4 is 21.6 Å². The van der Waals surface area contributed by atoms with Crippen molar-refractivity contribution in [1.82, 2.24) is 10.2 Å². The minimum absolute atomic E-state index is 0.0756. The van der Waals surface area contributed by atoms with Gasteiger partial charge in [0.05, 0.1) is 31.7 Å². The van der Waals surface area contributed by atoms with E-state index >= 15 is 0 Å². The van der Waals surface area contributed by atoms with E-state index in [0.717, 1.165) is 45.5 Å². The number of nitrogens with one attached hydrogen (secondary N) is 1. The van der Waals surface area contributed by atoms with Crippen molar-refractivity contribution in [2.45, 2.75) is 13.0 Å². The molecule has 1 N–H and O–H groups in total. The van der Waals surface area contributed by atoms with E-state index in [1.165, 1.54) is 16.4 Å². The summed E-state index contributed by atoms with van der Waals surface area (Å²) >= 11 is 0. The van der Waals surface area contributed by atoms with Crippen molar-refractivity contribution in [2.75, 3.05) is 56.6 Å². The van der Waals surface area contributed by atoms with Gasteiger partial charge in [-0.15, -0.1) is 0 Å². The molecular weight excluding hydrogens is 449 g/mol. The quantitative estimate of drug-likeness (QED) is 0.496. The number of hydrogen-bond donors (Lipinski definition) is 1. The predicted molar refractivity (Wildman–Crippen MR) is 124 cm³/mol. The summed E-state index contributed by atoms with van der Waals surface area (Å²) in [6, 6.07) is 12.1. The molecule has 0 spiro atoms. The molecular formula is C23H30FN3O5S. The Bertz CT molecular complexity index is 994. The molecule has 0 aliphatic carbocycles. The van der Waals surface area contributed by atoms with Gasteiger partial charge in [0.15, 0.2) is 6.61 Å². The van der Waals surface area contributed by atoms with Gasteiger partial charge in [0.1, 0.15) is 11.6 Å². The molecule has 0 unspecified atom stereocenters. The predicted octanol–water partition coefficient (Wildman–Crippen LogP) is 2.01. The van der Waals surface area contributed by atoms with Crippen LogP contribution < -0.4 is 14.4 Å². The number of morpholine rings is 1. The Morgan fingerprint density at radius 2 is 1.79 bits per heavy atom. The number of benzene rings is 2. The molecule has 0 aromatic heterocycles. The van der Waals surface area contributed by atoms with Crippen LogP contribution in [0.3, 0.4) is 0 Å². The van der Waals surface area contributed by atoms with Crippen molar-refractivity contribution in [2.24, 2.45) is 0 Å². The first-order chi connectivity index (χ1) is 15.8. The van der Waals surface area contributed by atoms with Crippen LogP contribution in [-0.2, 0) is 26.1 Å². The highest BCUT2D eigenvalue weighted by molar-refractivity contribution is 7.92. The number of anilines is 1. The van der Waals surface area contributed by atoms with E-state index in [0.29, 0.717) is 23.5 Å². The molecule has 180 valence electrons. The van der Waals surface area contributed by atoms with Gasteiger partial charge in [-0.2, -0.15) is 0 Å². The molecule has 1 amide bonds. The molecule has 1 saturated heterocycles. The summed E-state index contributed by atoms with van der Waals surface area (Å²) in [6.07, 6.45) is 1.97. The van der Waals surface area contributed by atoms with Crippen LogP contribution in [0.15, 0.2) is 48.5 Å². The lowest BCUT2D eigenvalue weighted by Crippen LogP contribution is -2.38. The van der Waals surface area contributed by atoms with Crippen molar-refractivity contribution in [3.05, 3.63) is 59.9 Å². The molecule has 2 aromatic carbocycles. The van der Waals surface area contributed by atoms with Gasteiger partial charge in [0.2, 0.25) is 10.0 Å². The van der Waals surface area contributed by atoms with Gasteiger partial charge in [0, 0.05) is 19.6 Å². The monoisotopic (exact) mass is 479 g/mol. The van der Waals surface area contributed by atoms with Crippen LogP contribution in [0, 0.1) is 5.82 Å². The average molecular weight is 480 g/mol. The minimum Gasteiger partial charge on any atom is -0.484 e. The normalized spacial score (nSPS) is 14.6. The highest BCUT2D eigenvalue weighted by Gasteiger charge is 2.18. The lowest BCUT2D eigenvalue weighted by atomic mass is 10.2. The van der Waals surface area contributed by atoms with Gasteiger partial charge in [-0.25, -0.2) is 12.8 Å². The molecule has 1 aliphatic rings.